The molecule has 2 aromatic carbocycles. The number of carbonyl (C=O) groups is 3. The van der Waals surface area contributed by atoms with E-state index in [9.17, 15) is 14.4 Å². The zero-order valence-corrected chi connectivity index (χ0v) is 15.8. The van der Waals surface area contributed by atoms with Crippen LogP contribution in [0.15, 0.2) is 42.5 Å². The summed E-state index contributed by atoms with van der Waals surface area (Å²) < 4.78 is 11.7. The summed E-state index contributed by atoms with van der Waals surface area (Å²) in [6, 6.07) is 11.1. The molecule has 1 aliphatic heterocycles. The lowest BCUT2D eigenvalue weighted by molar-refractivity contribution is -0.124. The topological polar surface area (TPSA) is 112 Å². The maximum atomic E-state index is 13.1. The molecule has 0 bridgehead atoms. The molecule has 2 N–H and O–H groups in total. The second kappa shape index (κ2) is 7.27. The van der Waals surface area contributed by atoms with Gasteiger partial charge in [-0.3, -0.25) is 19.5 Å². The molecule has 9 heteroatoms. The summed E-state index contributed by atoms with van der Waals surface area (Å²) in [5.74, 6) is -0.573. The van der Waals surface area contributed by atoms with Gasteiger partial charge in [-0.15, -0.1) is 0 Å². The number of rotatable bonds is 4. The van der Waals surface area contributed by atoms with Crippen molar-refractivity contribution in [2.75, 3.05) is 24.9 Å². The number of hydrogen-bond donors (Lipinski definition) is 2. The number of hydrogen-bond acceptors (Lipinski definition) is 6. The first-order valence-electron chi connectivity index (χ1n) is 8.86. The fourth-order valence-electron chi connectivity index (χ4n) is 3.37. The van der Waals surface area contributed by atoms with Crippen LogP contribution in [0, 0.1) is 0 Å². The number of aromatic nitrogens is 2. The molecule has 1 atom stereocenters. The first-order chi connectivity index (χ1) is 14.0. The quantitative estimate of drug-likeness (QED) is 0.657. The van der Waals surface area contributed by atoms with Crippen LogP contribution in [0.25, 0.3) is 11.0 Å². The van der Waals surface area contributed by atoms with Crippen LogP contribution in [-0.2, 0) is 14.3 Å². The second-order valence-corrected chi connectivity index (χ2v) is 6.46. The Labute approximate surface area is 165 Å². The number of esters is 1. The zero-order valence-electron chi connectivity index (χ0n) is 15.8. The van der Waals surface area contributed by atoms with E-state index in [1.54, 1.807) is 10.6 Å². The Balaban J connectivity index is 1.71. The van der Waals surface area contributed by atoms with Crippen LogP contribution in [0.2, 0.25) is 0 Å². The number of ether oxygens (including phenoxy) is 2. The highest BCUT2D eigenvalue weighted by Gasteiger charge is 2.33. The van der Waals surface area contributed by atoms with Crippen molar-refractivity contribution >= 4 is 40.5 Å². The van der Waals surface area contributed by atoms with Gasteiger partial charge in [-0.25, -0.2) is 9.78 Å². The summed E-state index contributed by atoms with van der Waals surface area (Å²) in [7, 11) is 2.73. The van der Waals surface area contributed by atoms with Crippen molar-refractivity contribution in [3.05, 3.63) is 48.0 Å². The normalized spacial score (nSPS) is 15.4. The lowest BCUT2D eigenvalue weighted by atomic mass is 10.1. The third kappa shape index (κ3) is 3.27. The Morgan fingerprint density at radius 2 is 2.00 bits per heavy atom. The Morgan fingerprint density at radius 3 is 2.76 bits per heavy atom. The van der Waals surface area contributed by atoms with Gasteiger partial charge in [0.15, 0.2) is 0 Å². The van der Waals surface area contributed by atoms with E-state index in [0.29, 0.717) is 22.9 Å². The van der Waals surface area contributed by atoms with Crippen LogP contribution in [0.3, 0.4) is 0 Å². The summed E-state index contributed by atoms with van der Waals surface area (Å²) in [4.78, 5) is 41.5. The standard InChI is InChI=1S/C20H18N4O5/c1-28-16-8-7-11(19(27)29-2)9-13(16)21-18(26)15-10-17(25)23-20-22-12-5-3-4-6-14(12)24(15)20/h3-9,15H,10H2,1-2H3,(H,21,26)(H,22,23,25). The van der Waals surface area contributed by atoms with Crippen molar-refractivity contribution in [1.29, 1.82) is 0 Å². The molecule has 0 saturated carbocycles. The molecular formula is C20H18N4O5. The number of methoxy groups -OCH3 is 2. The number of amides is 2. The predicted octanol–water partition coefficient (Wildman–Crippen LogP) is 2.35. The number of imidazole rings is 1. The fourth-order valence-corrected chi connectivity index (χ4v) is 3.37. The molecule has 148 valence electrons. The van der Waals surface area contributed by atoms with Gasteiger partial charge in [0.2, 0.25) is 17.8 Å². The van der Waals surface area contributed by atoms with Gasteiger partial charge in [-0.1, -0.05) is 12.1 Å². The molecule has 0 aliphatic carbocycles. The van der Waals surface area contributed by atoms with Crippen LogP contribution in [0.1, 0.15) is 22.8 Å². The number of benzene rings is 2. The summed E-state index contributed by atoms with van der Waals surface area (Å²) in [5.41, 5.74) is 1.97. The van der Waals surface area contributed by atoms with Crippen LogP contribution >= 0.6 is 0 Å². The maximum absolute atomic E-state index is 13.1. The smallest absolute Gasteiger partial charge is 0.337 e. The van der Waals surface area contributed by atoms with Gasteiger partial charge >= 0.3 is 5.97 Å². The highest BCUT2D eigenvalue weighted by atomic mass is 16.5. The molecule has 1 aliphatic rings. The monoisotopic (exact) mass is 394 g/mol. The van der Waals surface area contributed by atoms with Crippen molar-refractivity contribution in [3.8, 4) is 5.75 Å². The van der Waals surface area contributed by atoms with E-state index in [1.807, 2.05) is 24.3 Å². The number of anilines is 2. The first-order valence-corrected chi connectivity index (χ1v) is 8.86. The predicted molar refractivity (Wildman–Crippen MR) is 105 cm³/mol. The van der Waals surface area contributed by atoms with Gasteiger partial charge in [-0.2, -0.15) is 0 Å². The molecule has 0 radical (unpaired) electrons. The van der Waals surface area contributed by atoms with E-state index in [4.69, 9.17) is 9.47 Å². The van der Waals surface area contributed by atoms with Crippen molar-refractivity contribution < 1.29 is 23.9 Å². The molecule has 3 aromatic rings. The minimum absolute atomic E-state index is 0.0435. The van der Waals surface area contributed by atoms with Gasteiger partial charge in [0.05, 0.1) is 42.9 Å². The molecule has 0 spiro atoms. The highest BCUT2D eigenvalue weighted by molar-refractivity contribution is 6.04. The lowest BCUT2D eigenvalue weighted by Gasteiger charge is -2.25. The number of para-hydroxylation sites is 2. The van der Waals surface area contributed by atoms with E-state index in [-0.39, 0.29) is 17.9 Å². The Bertz CT molecular complexity index is 1140. The molecule has 2 amide bonds. The van der Waals surface area contributed by atoms with E-state index in [2.05, 4.69) is 15.6 Å². The molecule has 0 saturated heterocycles. The molecule has 4 rings (SSSR count). The molecule has 29 heavy (non-hydrogen) atoms. The number of fused-ring (bicyclic) bond motifs is 3. The molecule has 9 nitrogen and oxygen atoms in total. The van der Waals surface area contributed by atoms with Crippen LogP contribution in [0.4, 0.5) is 11.6 Å². The summed E-state index contributed by atoms with van der Waals surface area (Å²) in [6.45, 7) is 0. The summed E-state index contributed by atoms with van der Waals surface area (Å²) in [6.07, 6.45) is -0.0435. The SMILES string of the molecule is COC(=O)c1ccc(OC)c(NC(=O)C2CC(=O)Nc3nc4ccccc4n32)c1. The number of nitrogens with one attached hydrogen (secondary N) is 2. The minimum Gasteiger partial charge on any atom is -0.495 e. The maximum Gasteiger partial charge on any atom is 0.337 e. The first kappa shape index (κ1) is 18.5. The Kier molecular flexibility index (Phi) is 4.63. The van der Waals surface area contributed by atoms with Crippen LogP contribution < -0.4 is 15.4 Å². The number of nitrogens with zero attached hydrogens (tertiary/aromatic N) is 2. The second-order valence-electron chi connectivity index (χ2n) is 6.46. The van der Waals surface area contributed by atoms with Crippen molar-refractivity contribution in [2.45, 2.75) is 12.5 Å². The molecule has 2 heterocycles. The van der Waals surface area contributed by atoms with E-state index in [0.717, 1.165) is 5.52 Å². The third-order valence-electron chi connectivity index (χ3n) is 4.72. The van der Waals surface area contributed by atoms with Gasteiger partial charge in [0.25, 0.3) is 0 Å². The third-order valence-corrected chi connectivity index (χ3v) is 4.72. The highest BCUT2D eigenvalue weighted by Crippen LogP contribution is 2.32. The summed E-state index contributed by atoms with van der Waals surface area (Å²) in [5, 5.41) is 5.47. The molecule has 1 aromatic heterocycles. The van der Waals surface area contributed by atoms with Crippen molar-refractivity contribution in [1.82, 2.24) is 9.55 Å². The van der Waals surface area contributed by atoms with E-state index >= 15 is 0 Å². The van der Waals surface area contributed by atoms with E-state index < -0.39 is 17.9 Å². The largest absolute Gasteiger partial charge is 0.495 e. The Hall–Kier alpha value is -3.88. The average Bonchev–Trinajstić information content (AvgIpc) is 3.10. The minimum atomic E-state index is -0.808. The zero-order chi connectivity index (χ0) is 20.5. The molecular weight excluding hydrogens is 376 g/mol. The average molecular weight is 394 g/mol. The van der Waals surface area contributed by atoms with Crippen LogP contribution in [-0.4, -0.2) is 41.6 Å². The van der Waals surface area contributed by atoms with Crippen molar-refractivity contribution in [2.24, 2.45) is 0 Å². The van der Waals surface area contributed by atoms with Crippen LogP contribution in [0.5, 0.6) is 5.75 Å². The molecule has 0 fully saturated rings. The van der Waals surface area contributed by atoms with Gasteiger partial charge in [-0.05, 0) is 30.3 Å². The van der Waals surface area contributed by atoms with Crippen molar-refractivity contribution in [3.63, 3.8) is 0 Å². The Morgan fingerprint density at radius 1 is 1.21 bits per heavy atom. The molecule has 1 unspecified atom stereocenters. The van der Waals surface area contributed by atoms with Gasteiger partial charge in [0.1, 0.15) is 11.8 Å². The number of carbonyl (C=O) groups excluding carboxylic acids is 3. The van der Waals surface area contributed by atoms with Gasteiger partial charge in [0, 0.05) is 0 Å². The lowest BCUT2D eigenvalue weighted by Crippen LogP contribution is -2.35. The fraction of sp³-hybridized carbons (Fsp3) is 0.200. The summed E-state index contributed by atoms with van der Waals surface area (Å²) >= 11 is 0. The van der Waals surface area contributed by atoms with E-state index in [1.165, 1.54) is 26.4 Å². The van der Waals surface area contributed by atoms with Gasteiger partial charge < -0.3 is 14.8 Å².